The summed E-state index contributed by atoms with van der Waals surface area (Å²) in [5.41, 5.74) is 0. The van der Waals surface area contributed by atoms with Crippen LogP contribution in [0.1, 0.15) is 26.2 Å². The second kappa shape index (κ2) is 6.72. The number of aliphatic hydroxyl groups is 1. The minimum atomic E-state index is -3.39. The molecule has 0 aromatic rings. The Bertz CT molecular complexity index is 582. The van der Waals surface area contributed by atoms with Crippen LogP contribution in [-0.4, -0.2) is 74.8 Å². The van der Waals surface area contributed by atoms with E-state index >= 15 is 0 Å². The Morgan fingerprint density at radius 1 is 1.00 bits per heavy atom. The summed E-state index contributed by atoms with van der Waals surface area (Å²) < 4.78 is 50.7. The van der Waals surface area contributed by atoms with Gasteiger partial charge in [0.2, 0.25) is 20.0 Å². The van der Waals surface area contributed by atoms with Crippen molar-refractivity contribution in [2.75, 3.05) is 38.2 Å². The molecule has 2 rings (SSSR count). The van der Waals surface area contributed by atoms with Crippen LogP contribution in [0.15, 0.2) is 0 Å². The molecule has 0 saturated carbocycles. The van der Waals surface area contributed by atoms with Gasteiger partial charge in [0.15, 0.2) is 0 Å². The zero-order chi connectivity index (χ0) is 16.5. The average molecular weight is 354 g/mol. The van der Waals surface area contributed by atoms with Crippen molar-refractivity contribution in [3.05, 3.63) is 0 Å². The molecule has 2 unspecified atom stereocenters. The van der Waals surface area contributed by atoms with Crippen LogP contribution in [0.3, 0.4) is 0 Å². The van der Waals surface area contributed by atoms with Gasteiger partial charge in [-0.05, 0) is 31.1 Å². The molecule has 2 atom stereocenters. The zero-order valence-electron chi connectivity index (χ0n) is 13.2. The third kappa shape index (κ3) is 4.41. The van der Waals surface area contributed by atoms with Crippen molar-refractivity contribution in [2.24, 2.45) is 11.8 Å². The van der Waals surface area contributed by atoms with Gasteiger partial charge in [0.1, 0.15) is 0 Å². The van der Waals surface area contributed by atoms with E-state index in [2.05, 4.69) is 0 Å². The predicted molar refractivity (Wildman–Crippen MR) is 84.3 cm³/mol. The summed E-state index contributed by atoms with van der Waals surface area (Å²) >= 11 is 0. The number of piperidine rings is 2. The maximum Gasteiger partial charge on any atom is 0.214 e. The van der Waals surface area contributed by atoms with E-state index in [1.165, 1.54) is 14.9 Å². The van der Waals surface area contributed by atoms with Crippen LogP contribution in [-0.2, 0) is 20.0 Å². The van der Waals surface area contributed by atoms with Crippen molar-refractivity contribution < 1.29 is 21.9 Å². The molecule has 2 heterocycles. The first-order valence-electron chi connectivity index (χ1n) is 7.70. The Balaban J connectivity index is 1.91. The smallest absolute Gasteiger partial charge is 0.214 e. The number of nitrogens with zero attached hydrogens (tertiary/aromatic N) is 2. The molecular formula is C13H26N2O5S2. The van der Waals surface area contributed by atoms with E-state index in [9.17, 15) is 21.9 Å². The molecule has 130 valence electrons. The Kier molecular flexibility index (Phi) is 5.54. The topological polar surface area (TPSA) is 95.0 Å². The fraction of sp³-hybridized carbons (Fsp3) is 1.00. The Morgan fingerprint density at radius 2 is 1.55 bits per heavy atom. The highest BCUT2D eigenvalue weighted by Crippen LogP contribution is 2.25. The zero-order valence-corrected chi connectivity index (χ0v) is 14.8. The van der Waals surface area contributed by atoms with Gasteiger partial charge in [0.25, 0.3) is 0 Å². The first-order valence-corrected chi connectivity index (χ1v) is 11.2. The lowest BCUT2D eigenvalue weighted by Crippen LogP contribution is -2.48. The number of rotatable bonds is 4. The third-order valence-corrected chi connectivity index (χ3v) is 8.08. The van der Waals surface area contributed by atoms with Crippen molar-refractivity contribution in [3.8, 4) is 0 Å². The van der Waals surface area contributed by atoms with Crippen LogP contribution in [0.25, 0.3) is 0 Å². The first kappa shape index (κ1) is 18.1. The monoisotopic (exact) mass is 354 g/mol. The Morgan fingerprint density at radius 3 is 2.05 bits per heavy atom. The fourth-order valence-electron chi connectivity index (χ4n) is 3.08. The molecule has 0 radical (unpaired) electrons. The van der Waals surface area contributed by atoms with Gasteiger partial charge >= 0.3 is 0 Å². The van der Waals surface area contributed by atoms with E-state index < -0.39 is 26.2 Å². The lowest BCUT2D eigenvalue weighted by atomic mass is 9.98. The summed E-state index contributed by atoms with van der Waals surface area (Å²) in [6.45, 7) is 3.33. The Labute approximate surface area is 133 Å². The number of β-amino-alcohol motifs (C(OH)–C–C–N with tert-alkyl or cyclic N) is 1. The fourth-order valence-corrected chi connectivity index (χ4v) is 5.86. The minimum absolute atomic E-state index is 0.0144. The van der Waals surface area contributed by atoms with Crippen LogP contribution in [0.2, 0.25) is 0 Å². The van der Waals surface area contributed by atoms with Gasteiger partial charge in [-0.3, -0.25) is 0 Å². The van der Waals surface area contributed by atoms with E-state index in [1.54, 1.807) is 0 Å². The number of sulfonamides is 2. The van der Waals surface area contributed by atoms with Crippen molar-refractivity contribution in [1.29, 1.82) is 0 Å². The third-order valence-electron chi connectivity index (χ3n) is 4.76. The molecule has 2 fully saturated rings. The molecule has 1 N–H and O–H groups in total. The summed E-state index contributed by atoms with van der Waals surface area (Å²) in [7, 11) is -6.57. The molecule has 0 amide bonds. The summed E-state index contributed by atoms with van der Waals surface area (Å²) in [5, 5.41) is 9.86. The molecule has 0 spiro atoms. The summed E-state index contributed by atoms with van der Waals surface area (Å²) in [6, 6.07) is 0. The maximum absolute atomic E-state index is 12.5. The number of aliphatic hydroxyl groups excluding tert-OH is 1. The van der Waals surface area contributed by atoms with Crippen LogP contribution >= 0.6 is 0 Å². The summed E-state index contributed by atoms with van der Waals surface area (Å²) in [6.07, 6.45) is 2.39. The first-order chi connectivity index (χ1) is 10.1. The molecule has 22 heavy (non-hydrogen) atoms. The lowest BCUT2D eigenvalue weighted by molar-refractivity contribution is 0.0603. The van der Waals surface area contributed by atoms with E-state index in [0.29, 0.717) is 38.9 Å². The van der Waals surface area contributed by atoms with Gasteiger partial charge in [0, 0.05) is 26.2 Å². The molecule has 0 aromatic carbocycles. The highest BCUT2D eigenvalue weighted by molar-refractivity contribution is 7.89. The van der Waals surface area contributed by atoms with Gasteiger partial charge in [0.05, 0.1) is 18.1 Å². The maximum atomic E-state index is 12.5. The number of hydrogen-bond acceptors (Lipinski definition) is 5. The van der Waals surface area contributed by atoms with Crippen LogP contribution in [0.5, 0.6) is 0 Å². The molecule has 0 bridgehead atoms. The molecule has 7 nitrogen and oxygen atoms in total. The second-order valence-electron chi connectivity index (χ2n) is 6.58. The molecule has 2 aliphatic heterocycles. The normalized spacial score (nSPS) is 30.5. The van der Waals surface area contributed by atoms with Crippen LogP contribution in [0.4, 0.5) is 0 Å². The van der Waals surface area contributed by atoms with E-state index in [-0.39, 0.29) is 24.1 Å². The largest absolute Gasteiger partial charge is 0.391 e. The highest BCUT2D eigenvalue weighted by Gasteiger charge is 2.34. The molecule has 9 heteroatoms. The van der Waals surface area contributed by atoms with Gasteiger partial charge in [-0.2, -0.15) is 4.31 Å². The number of hydrogen-bond donors (Lipinski definition) is 1. The van der Waals surface area contributed by atoms with Gasteiger partial charge in [-0.15, -0.1) is 0 Å². The average Bonchev–Trinajstić information content (AvgIpc) is 2.41. The van der Waals surface area contributed by atoms with Gasteiger partial charge in [-0.1, -0.05) is 6.92 Å². The molecule has 2 saturated heterocycles. The summed E-state index contributed by atoms with van der Waals surface area (Å²) in [4.78, 5) is 0. The minimum Gasteiger partial charge on any atom is -0.391 e. The van der Waals surface area contributed by atoms with E-state index in [0.717, 1.165) is 0 Å². The molecule has 0 aromatic heterocycles. The van der Waals surface area contributed by atoms with Crippen molar-refractivity contribution in [3.63, 3.8) is 0 Å². The van der Waals surface area contributed by atoms with E-state index in [4.69, 9.17) is 0 Å². The van der Waals surface area contributed by atoms with Crippen molar-refractivity contribution >= 4 is 20.0 Å². The SMILES string of the molecule is CC1CCN(S(=O)(=O)CC2CCN(S(C)(=O)=O)CC2)CC1O. The van der Waals surface area contributed by atoms with Crippen molar-refractivity contribution in [2.45, 2.75) is 32.3 Å². The Hall–Kier alpha value is -0.220. The predicted octanol–water partition coefficient (Wildman–Crippen LogP) is -0.309. The molecule has 2 aliphatic rings. The molecular weight excluding hydrogens is 328 g/mol. The van der Waals surface area contributed by atoms with Crippen molar-refractivity contribution in [1.82, 2.24) is 8.61 Å². The molecule has 0 aliphatic carbocycles. The van der Waals surface area contributed by atoms with Crippen LogP contribution < -0.4 is 0 Å². The summed E-state index contributed by atoms with van der Waals surface area (Å²) in [5.74, 6) is 0.162. The standard InChI is InChI=1S/C13H26N2O5S2/c1-11-3-6-15(9-13(11)16)22(19,20)10-12-4-7-14(8-5-12)21(2,17)18/h11-13,16H,3-10H2,1-2H3. The van der Waals surface area contributed by atoms with Gasteiger partial charge < -0.3 is 5.11 Å². The lowest BCUT2D eigenvalue weighted by Gasteiger charge is -2.35. The quantitative estimate of drug-likeness (QED) is 0.747. The van der Waals surface area contributed by atoms with Gasteiger partial charge in [-0.25, -0.2) is 21.1 Å². The second-order valence-corrected chi connectivity index (χ2v) is 10.6. The van der Waals surface area contributed by atoms with E-state index in [1.807, 2.05) is 6.92 Å². The highest BCUT2D eigenvalue weighted by atomic mass is 32.2. The van der Waals surface area contributed by atoms with Crippen LogP contribution in [0, 0.1) is 11.8 Å².